The Morgan fingerprint density at radius 1 is 1.04 bits per heavy atom. The van der Waals surface area contributed by atoms with E-state index in [9.17, 15) is 19.4 Å². The molecule has 0 saturated carbocycles. The van der Waals surface area contributed by atoms with Crippen molar-refractivity contribution in [2.24, 2.45) is 0 Å². The second-order valence-corrected chi connectivity index (χ2v) is 11.0. The van der Waals surface area contributed by atoms with Gasteiger partial charge in [0.15, 0.2) is 0 Å². The van der Waals surface area contributed by atoms with Crippen LogP contribution in [0.1, 0.15) is 31.2 Å². The molecule has 11 nitrogen and oxygen atoms in total. The summed E-state index contributed by atoms with van der Waals surface area (Å²) in [5.74, 6) is 0.208. The quantitative estimate of drug-likeness (QED) is 0.142. The number of aliphatic hydroxyl groups excluding tert-OH is 2. The first-order valence-electron chi connectivity index (χ1n) is 14.4. The molecule has 5 rings (SSSR count). The molecule has 238 valence electrons. The molecule has 45 heavy (non-hydrogen) atoms. The highest BCUT2D eigenvalue weighted by Gasteiger charge is 2.21. The Morgan fingerprint density at radius 2 is 1.87 bits per heavy atom. The van der Waals surface area contributed by atoms with Crippen LogP contribution in [0.25, 0.3) is 10.9 Å². The molecular formula is C32H33ClFN3O8. The molecule has 0 amide bonds. The van der Waals surface area contributed by atoms with E-state index in [1.54, 1.807) is 42.5 Å². The lowest BCUT2D eigenvalue weighted by Crippen LogP contribution is -2.26. The van der Waals surface area contributed by atoms with Gasteiger partial charge < -0.3 is 39.6 Å². The van der Waals surface area contributed by atoms with Crippen molar-refractivity contribution in [1.82, 2.24) is 9.97 Å². The van der Waals surface area contributed by atoms with Gasteiger partial charge >= 0.3 is 5.97 Å². The first-order valence-corrected chi connectivity index (χ1v) is 14.8. The van der Waals surface area contributed by atoms with Gasteiger partial charge in [-0.15, -0.1) is 0 Å². The minimum absolute atomic E-state index is 0.119. The Kier molecular flexibility index (Phi) is 10.8. The van der Waals surface area contributed by atoms with Gasteiger partial charge in [-0.2, -0.15) is 0 Å². The Balaban J connectivity index is 1.35. The van der Waals surface area contributed by atoms with E-state index in [1.807, 2.05) is 0 Å². The average molecular weight is 642 g/mol. The monoisotopic (exact) mass is 641 g/mol. The number of fused-ring (bicyclic) bond motifs is 1. The Labute approximate surface area is 263 Å². The number of rotatable bonds is 14. The Morgan fingerprint density at radius 3 is 2.62 bits per heavy atom. The number of hydrogen-bond acceptors (Lipinski definition) is 10. The van der Waals surface area contributed by atoms with E-state index in [1.165, 1.54) is 18.5 Å². The van der Waals surface area contributed by atoms with Crippen molar-refractivity contribution in [3.05, 3.63) is 77.3 Å². The molecule has 2 atom stereocenters. The second-order valence-electron chi connectivity index (χ2n) is 10.6. The molecular weight excluding hydrogens is 609 g/mol. The van der Waals surface area contributed by atoms with Gasteiger partial charge in [-0.3, -0.25) is 4.79 Å². The fourth-order valence-electron chi connectivity index (χ4n) is 4.85. The summed E-state index contributed by atoms with van der Waals surface area (Å²) in [4.78, 5) is 19.7. The van der Waals surface area contributed by atoms with Crippen LogP contribution in [0, 0.1) is 5.82 Å². The summed E-state index contributed by atoms with van der Waals surface area (Å²) in [6, 6.07) is 14.7. The second kappa shape index (κ2) is 15.2. The van der Waals surface area contributed by atoms with E-state index in [0.29, 0.717) is 76.3 Å². The van der Waals surface area contributed by atoms with Crippen molar-refractivity contribution in [2.75, 3.05) is 25.1 Å². The molecule has 1 aliphatic rings. The molecule has 1 aliphatic heterocycles. The van der Waals surface area contributed by atoms with Gasteiger partial charge in [-0.1, -0.05) is 23.7 Å². The molecule has 2 heterocycles. The van der Waals surface area contributed by atoms with Crippen LogP contribution in [0.3, 0.4) is 0 Å². The number of nitrogens with zero attached hydrogens (tertiary/aromatic N) is 2. The van der Waals surface area contributed by atoms with E-state index in [2.05, 4.69) is 15.3 Å². The molecule has 2 unspecified atom stereocenters. The third-order valence-corrected chi connectivity index (χ3v) is 7.31. The lowest BCUT2D eigenvalue weighted by atomic mass is 10.1. The number of anilines is 2. The van der Waals surface area contributed by atoms with Crippen LogP contribution in [0.4, 0.5) is 15.9 Å². The highest BCUT2D eigenvalue weighted by atomic mass is 35.5. The van der Waals surface area contributed by atoms with Gasteiger partial charge in [0, 0.05) is 37.1 Å². The maximum atomic E-state index is 13.5. The summed E-state index contributed by atoms with van der Waals surface area (Å²) in [6.07, 6.45) is -0.270. The minimum Gasteiger partial charge on any atom is -0.491 e. The number of benzene rings is 3. The topological polar surface area (TPSA) is 152 Å². The average Bonchev–Trinajstić information content (AvgIpc) is 3.00. The molecule has 1 aromatic heterocycles. The minimum atomic E-state index is -1.20. The van der Waals surface area contributed by atoms with Gasteiger partial charge in [0.1, 0.15) is 54.5 Å². The summed E-state index contributed by atoms with van der Waals surface area (Å²) in [5.41, 5.74) is 1.80. The number of ether oxygens (including phenoxy) is 4. The fraction of sp³-hybridized carbons (Fsp3) is 0.344. The number of carboxylic acids is 1. The van der Waals surface area contributed by atoms with Crippen LogP contribution < -0.4 is 19.5 Å². The highest BCUT2D eigenvalue weighted by molar-refractivity contribution is 6.32. The normalized spacial score (nSPS) is 14.9. The van der Waals surface area contributed by atoms with Crippen LogP contribution in [0.2, 0.25) is 5.02 Å². The van der Waals surface area contributed by atoms with Crippen molar-refractivity contribution in [3.8, 4) is 17.2 Å². The van der Waals surface area contributed by atoms with Gasteiger partial charge in [0.05, 0.1) is 47.8 Å². The van der Waals surface area contributed by atoms with Gasteiger partial charge in [0.2, 0.25) is 0 Å². The zero-order chi connectivity index (χ0) is 31.8. The van der Waals surface area contributed by atoms with Crippen molar-refractivity contribution >= 4 is 40.0 Å². The number of carbonyl (C=O) groups is 1. The predicted molar refractivity (Wildman–Crippen MR) is 164 cm³/mol. The van der Waals surface area contributed by atoms with Crippen molar-refractivity contribution in [1.29, 1.82) is 0 Å². The van der Waals surface area contributed by atoms with Crippen LogP contribution in [0.15, 0.2) is 60.9 Å². The van der Waals surface area contributed by atoms with E-state index in [-0.39, 0.29) is 31.6 Å². The molecule has 4 N–H and O–H groups in total. The molecule has 3 aromatic carbocycles. The van der Waals surface area contributed by atoms with Crippen LogP contribution in [-0.4, -0.2) is 69.4 Å². The maximum absolute atomic E-state index is 13.5. The third-order valence-electron chi connectivity index (χ3n) is 7.01. The van der Waals surface area contributed by atoms with Crippen LogP contribution in [-0.2, 0) is 16.1 Å². The molecule has 0 spiro atoms. The lowest BCUT2D eigenvalue weighted by molar-refractivity contribution is -0.139. The number of aliphatic hydroxyl groups is 2. The van der Waals surface area contributed by atoms with E-state index >= 15 is 0 Å². The molecule has 1 saturated heterocycles. The lowest BCUT2D eigenvalue weighted by Gasteiger charge is -2.25. The summed E-state index contributed by atoms with van der Waals surface area (Å²) in [6.45, 7) is 1.11. The van der Waals surface area contributed by atoms with Gasteiger partial charge in [-0.25, -0.2) is 14.4 Å². The van der Waals surface area contributed by atoms with Gasteiger partial charge in [-0.05, 0) is 35.9 Å². The van der Waals surface area contributed by atoms with E-state index < -0.39 is 24.6 Å². The molecule has 4 aromatic rings. The number of aliphatic carboxylic acids is 1. The summed E-state index contributed by atoms with van der Waals surface area (Å²) < 4.78 is 37.0. The molecule has 0 aliphatic carbocycles. The Hall–Kier alpha value is -4.23. The molecule has 1 fully saturated rings. The summed E-state index contributed by atoms with van der Waals surface area (Å²) in [5, 5.41) is 33.2. The zero-order valence-corrected chi connectivity index (χ0v) is 25.0. The first kappa shape index (κ1) is 32.2. The molecule has 0 radical (unpaired) electrons. The number of hydrogen-bond donors (Lipinski definition) is 4. The molecule has 13 heteroatoms. The standard InChI is InChI=1S/C32H33ClFN3O8/c33-26-11-21(4-5-28(26)44-16-19-2-1-3-20(34)10-19)37-32-31-27(35-18-36-32)14-25(15-29(31)45-24-6-8-42-9-7-24)43-17-23(39)12-22(38)13-30(40)41/h1-5,10-11,14-15,18,22-24,38-39H,6-9,12-13,16-17H2,(H,40,41)(H,35,36,37). The largest absolute Gasteiger partial charge is 0.491 e. The van der Waals surface area contributed by atoms with Crippen LogP contribution >= 0.6 is 11.6 Å². The SMILES string of the molecule is O=C(O)CC(O)CC(O)COc1cc(OC2CCOCC2)c2c(Nc3ccc(OCc4cccc(F)c4)c(Cl)c3)ncnc2c1. The van der Waals surface area contributed by atoms with Crippen molar-refractivity contribution < 1.29 is 43.5 Å². The number of aromatic nitrogens is 2. The number of nitrogens with one attached hydrogen (secondary N) is 1. The van der Waals surface area contributed by atoms with Crippen molar-refractivity contribution in [2.45, 2.75) is 50.6 Å². The summed E-state index contributed by atoms with van der Waals surface area (Å²) in [7, 11) is 0. The highest BCUT2D eigenvalue weighted by Crippen LogP contribution is 2.38. The van der Waals surface area contributed by atoms with Crippen LogP contribution in [0.5, 0.6) is 17.2 Å². The number of carboxylic acid groups (broad SMARTS) is 1. The van der Waals surface area contributed by atoms with E-state index in [4.69, 9.17) is 35.7 Å². The first-order chi connectivity index (χ1) is 21.7. The fourth-order valence-corrected chi connectivity index (χ4v) is 5.09. The summed E-state index contributed by atoms with van der Waals surface area (Å²) >= 11 is 6.52. The van der Waals surface area contributed by atoms with Gasteiger partial charge in [0.25, 0.3) is 0 Å². The van der Waals surface area contributed by atoms with E-state index in [0.717, 1.165) is 0 Å². The Bertz CT molecular complexity index is 1620. The molecule has 0 bridgehead atoms. The predicted octanol–water partition coefficient (Wildman–Crippen LogP) is 5.27. The number of halogens is 2. The smallest absolute Gasteiger partial charge is 0.305 e. The maximum Gasteiger partial charge on any atom is 0.305 e. The zero-order valence-electron chi connectivity index (χ0n) is 24.2. The van der Waals surface area contributed by atoms with Crippen molar-refractivity contribution in [3.63, 3.8) is 0 Å². The third kappa shape index (κ3) is 9.14.